The highest BCUT2D eigenvalue weighted by molar-refractivity contribution is 6.10. The summed E-state index contributed by atoms with van der Waals surface area (Å²) >= 11 is 0. The van der Waals surface area contributed by atoms with Crippen LogP contribution in [0, 0.1) is 5.41 Å². The third-order valence-electron chi connectivity index (χ3n) is 5.90. The molecule has 0 unspecified atom stereocenters. The lowest BCUT2D eigenvalue weighted by Crippen LogP contribution is -2.40. The minimum Gasteiger partial charge on any atom is -0.272 e. The molecule has 4 rings (SSSR count). The molecule has 2 aromatic rings. The minimum atomic E-state index is -0.929. The zero-order chi connectivity index (χ0) is 17.8. The molecular weight excluding hydrogens is 312 g/mol. The smallest absolute Gasteiger partial charge is 0.257 e. The van der Waals surface area contributed by atoms with Gasteiger partial charge in [-0.1, -0.05) is 62.4 Å². The SMILES string of the molecule is CCC1(CC)C(=O)N(C)N(C2c3ccccc3-c3ccccc32)C1=O. The number of hydrazine groups is 1. The summed E-state index contributed by atoms with van der Waals surface area (Å²) in [6, 6.07) is 16.1. The Morgan fingerprint density at radius 2 is 1.32 bits per heavy atom. The molecule has 2 aromatic carbocycles. The van der Waals surface area contributed by atoms with Crippen molar-refractivity contribution >= 4 is 11.8 Å². The number of amides is 2. The van der Waals surface area contributed by atoms with Gasteiger partial charge in [0.2, 0.25) is 0 Å². The maximum atomic E-state index is 13.4. The maximum Gasteiger partial charge on any atom is 0.257 e. The summed E-state index contributed by atoms with van der Waals surface area (Å²) in [5.74, 6) is -0.175. The van der Waals surface area contributed by atoms with Gasteiger partial charge < -0.3 is 0 Å². The van der Waals surface area contributed by atoms with Gasteiger partial charge in [-0.05, 0) is 35.1 Å². The predicted octanol–water partition coefficient (Wildman–Crippen LogP) is 3.78. The zero-order valence-electron chi connectivity index (χ0n) is 14.8. The highest BCUT2D eigenvalue weighted by Crippen LogP contribution is 2.50. The first-order valence-electron chi connectivity index (χ1n) is 8.86. The van der Waals surface area contributed by atoms with Crippen molar-refractivity contribution in [3.8, 4) is 11.1 Å². The second-order valence-electron chi connectivity index (χ2n) is 6.84. The molecule has 0 radical (unpaired) electrons. The second kappa shape index (κ2) is 5.45. The molecule has 4 nitrogen and oxygen atoms in total. The van der Waals surface area contributed by atoms with Crippen molar-refractivity contribution in [3.63, 3.8) is 0 Å². The number of hydrogen-bond donors (Lipinski definition) is 0. The van der Waals surface area contributed by atoms with Gasteiger partial charge in [0.05, 0.1) is 0 Å². The molecular formula is C21H22N2O2. The molecule has 128 valence electrons. The summed E-state index contributed by atoms with van der Waals surface area (Å²) in [6.07, 6.45) is 1.05. The lowest BCUT2D eigenvalue weighted by molar-refractivity contribution is -0.147. The van der Waals surface area contributed by atoms with Crippen LogP contribution in [0.25, 0.3) is 11.1 Å². The van der Waals surface area contributed by atoms with E-state index in [-0.39, 0.29) is 17.9 Å². The molecule has 1 aliphatic heterocycles. The first-order valence-corrected chi connectivity index (χ1v) is 8.86. The first-order chi connectivity index (χ1) is 12.1. The van der Waals surface area contributed by atoms with Gasteiger partial charge in [-0.3, -0.25) is 14.6 Å². The molecule has 1 fully saturated rings. The molecule has 1 heterocycles. The average Bonchev–Trinajstić information content (AvgIpc) is 3.06. The highest BCUT2D eigenvalue weighted by atomic mass is 16.2. The van der Waals surface area contributed by atoms with E-state index in [1.807, 2.05) is 38.1 Å². The van der Waals surface area contributed by atoms with Crippen molar-refractivity contribution in [2.75, 3.05) is 7.05 Å². The van der Waals surface area contributed by atoms with E-state index in [0.29, 0.717) is 12.8 Å². The van der Waals surface area contributed by atoms with Gasteiger partial charge in [-0.25, -0.2) is 5.01 Å². The van der Waals surface area contributed by atoms with Crippen LogP contribution in [0.1, 0.15) is 43.9 Å². The van der Waals surface area contributed by atoms with Crippen molar-refractivity contribution in [2.45, 2.75) is 32.7 Å². The van der Waals surface area contributed by atoms with E-state index in [9.17, 15) is 9.59 Å². The molecule has 0 aromatic heterocycles. The van der Waals surface area contributed by atoms with E-state index >= 15 is 0 Å². The van der Waals surface area contributed by atoms with E-state index in [2.05, 4.69) is 24.3 Å². The molecule has 0 saturated carbocycles. The Balaban J connectivity index is 1.91. The Morgan fingerprint density at radius 3 is 1.76 bits per heavy atom. The van der Waals surface area contributed by atoms with Crippen molar-refractivity contribution in [2.24, 2.45) is 5.41 Å². The quantitative estimate of drug-likeness (QED) is 0.802. The van der Waals surface area contributed by atoms with Crippen LogP contribution in [0.15, 0.2) is 48.5 Å². The Hall–Kier alpha value is -2.62. The molecule has 2 aliphatic rings. The average molecular weight is 334 g/mol. The third-order valence-corrected chi connectivity index (χ3v) is 5.90. The summed E-state index contributed by atoms with van der Waals surface area (Å²) in [6.45, 7) is 3.85. The summed E-state index contributed by atoms with van der Waals surface area (Å²) in [5, 5.41) is 3.22. The van der Waals surface area contributed by atoms with E-state index in [4.69, 9.17) is 0 Å². The largest absolute Gasteiger partial charge is 0.272 e. The molecule has 1 saturated heterocycles. The van der Waals surface area contributed by atoms with Gasteiger partial charge in [-0.15, -0.1) is 0 Å². The van der Waals surface area contributed by atoms with Crippen molar-refractivity contribution in [1.82, 2.24) is 10.0 Å². The molecule has 4 heteroatoms. The van der Waals surface area contributed by atoms with Gasteiger partial charge in [-0.2, -0.15) is 0 Å². The minimum absolute atomic E-state index is 0.0819. The monoisotopic (exact) mass is 334 g/mol. The van der Waals surface area contributed by atoms with Crippen LogP contribution in [-0.4, -0.2) is 28.9 Å². The summed E-state index contributed by atoms with van der Waals surface area (Å²) in [7, 11) is 1.72. The molecule has 0 bridgehead atoms. The van der Waals surface area contributed by atoms with Crippen molar-refractivity contribution in [1.29, 1.82) is 0 Å². The van der Waals surface area contributed by atoms with E-state index in [1.165, 1.54) is 0 Å². The van der Waals surface area contributed by atoms with Crippen LogP contribution in [-0.2, 0) is 9.59 Å². The van der Waals surface area contributed by atoms with Gasteiger partial charge in [0.25, 0.3) is 11.8 Å². The molecule has 1 aliphatic carbocycles. The maximum absolute atomic E-state index is 13.4. The van der Waals surface area contributed by atoms with Crippen LogP contribution >= 0.6 is 0 Å². The molecule has 0 atom stereocenters. The zero-order valence-corrected chi connectivity index (χ0v) is 14.8. The fourth-order valence-electron chi connectivity index (χ4n) is 4.39. The number of carbonyl (C=O) groups excluding carboxylic acids is 2. The first kappa shape index (κ1) is 15.9. The molecule has 2 amide bonds. The fraction of sp³-hybridized carbons (Fsp3) is 0.333. The van der Waals surface area contributed by atoms with Gasteiger partial charge in [0.15, 0.2) is 0 Å². The van der Waals surface area contributed by atoms with Crippen LogP contribution < -0.4 is 0 Å². The summed E-state index contributed by atoms with van der Waals surface area (Å²) in [4.78, 5) is 26.3. The number of hydrogen-bond acceptors (Lipinski definition) is 2. The van der Waals surface area contributed by atoms with E-state index in [0.717, 1.165) is 22.3 Å². The second-order valence-corrected chi connectivity index (χ2v) is 6.84. The van der Waals surface area contributed by atoms with Crippen LogP contribution in [0.5, 0.6) is 0 Å². The Morgan fingerprint density at radius 1 is 0.840 bits per heavy atom. The van der Waals surface area contributed by atoms with Gasteiger partial charge >= 0.3 is 0 Å². The van der Waals surface area contributed by atoms with E-state index < -0.39 is 5.41 Å². The number of nitrogens with zero attached hydrogens (tertiary/aromatic N) is 2. The Labute approximate surface area is 148 Å². The fourth-order valence-corrected chi connectivity index (χ4v) is 4.39. The highest BCUT2D eigenvalue weighted by Gasteiger charge is 2.57. The van der Waals surface area contributed by atoms with Crippen molar-refractivity contribution < 1.29 is 9.59 Å². The topological polar surface area (TPSA) is 40.6 Å². The third kappa shape index (κ3) is 1.88. The number of carbonyl (C=O) groups is 2. The number of fused-ring (bicyclic) bond motifs is 3. The summed E-state index contributed by atoms with van der Waals surface area (Å²) in [5.41, 5.74) is 3.52. The normalized spacial score (nSPS) is 18.7. The van der Waals surface area contributed by atoms with E-state index in [1.54, 1.807) is 17.1 Å². The Kier molecular flexibility index (Phi) is 3.46. The molecule has 25 heavy (non-hydrogen) atoms. The van der Waals surface area contributed by atoms with Crippen LogP contribution in [0.3, 0.4) is 0 Å². The molecule has 0 spiro atoms. The molecule has 0 N–H and O–H groups in total. The number of benzene rings is 2. The Bertz CT molecular complexity index is 824. The summed E-state index contributed by atoms with van der Waals surface area (Å²) < 4.78 is 0. The standard InChI is InChI=1S/C21H22N2O2/c1-4-21(5-2)19(24)22(3)23(20(21)25)18-16-12-8-6-10-14(16)15-11-7-9-13-17(15)18/h6-13,18H,4-5H2,1-3H3. The van der Waals surface area contributed by atoms with Crippen molar-refractivity contribution in [3.05, 3.63) is 59.7 Å². The lowest BCUT2D eigenvalue weighted by atomic mass is 9.81. The predicted molar refractivity (Wildman–Crippen MR) is 96.4 cm³/mol. The number of rotatable bonds is 3. The van der Waals surface area contributed by atoms with Crippen LogP contribution in [0.2, 0.25) is 0 Å². The van der Waals surface area contributed by atoms with Gasteiger partial charge in [0, 0.05) is 7.05 Å². The lowest BCUT2D eigenvalue weighted by Gasteiger charge is -2.31. The van der Waals surface area contributed by atoms with Gasteiger partial charge in [0.1, 0.15) is 11.5 Å². The van der Waals surface area contributed by atoms with Crippen LogP contribution in [0.4, 0.5) is 0 Å².